The van der Waals surface area contributed by atoms with Gasteiger partial charge in [-0.15, -0.1) is 10.2 Å². The highest BCUT2D eigenvalue weighted by atomic mass is 15.4. The Balaban J connectivity index is 1.34. The molecule has 1 N–H and O–H groups in total. The van der Waals surface area contributed by atoms with E-state index >= 15 is 0 Å². The lowest BCUT2D eigenvalue weighted by molar-refractivity contribution is 0.417. The molecule has 7 nitrogen and oxygen atoms in total. The molecule has 1 saturated heterocycles. The molecule has 134 valence electrons. The van der Waals surface area contributed by atoms with Crippen LogP contribution in [0.2, 0.25) is 0 Å². The molecular formula is C19H23N7. The van der Waals surface area contributed by atoms with Gasteiger partial charge in [0, 0.05) is 25.7 Å². The average molecular weight is 349 g/mol. The van der Waals surface area contributed by atoms with Gasteiger partial charge in [0.15, 0.2) is 5.82 Å². The number of piperidine rings is 1. The number of benzene rings is 1. The van der Waals surface area contributed by atoms with Crippen molar-refractivity contribution in [1.29, 1.82) is 0 Å². The minimum atomic E-state index is 0.411. The molecule has 1 unspecified atom stereocenters. The van der Waals surface area contributed by atoms with Crippen LogP contribution in [0.1, 0.15) is 24.2 Å². The van der Waals surface area contributed by atoms with Gasteiger partial charge in [-0.05, 0) is 44.0 Å². The van der Waals surface area contributed by atoms with E-state index in [4.69, 9.17) is 0 Å². The van der Waals surface area contributed by atoms with Crippen LogP contribution in [0.25, 0.3) is 5.69 Å². The zero-order valence-corrected chi connectivity index (χ0v) is 14.9. The summed E-state index contributed by atoms with van der Waals surface area (Å²) in [5.41, 5.74) is 2.91. The van der Waals surface area contributed by atoms with E-state index in [0.717, 1.165) is 48.8 Å². The number of hydrogen-bond donors (Lipinski definition) is 1. The third kappa shape index (κ3) is 3.88. The van der Waals surface area contributed by atoms with Gasteiger partial charge in [-0.25, -0.2) is 4.68 Å². The Morgan fingerprint density at radius 3 is 2.77 bits per heavy atom. The van der Waals surface area contributed by atoms with Gasteiger partial charge in [-0.1, -0.05) is 23.4 Å². The SMILES string of the molecule is Cc1ccc(N2CCCC(NCc3cn(-c4ccccc4)nn3)C2)nn1. The van der Waals surface area contributed by atoms with Crippen LogP contribution >= 0.6 is 0 Å². The van der Waals surface area contributed by atoms with Crippen LogP contribution in [0.3, 0.4) is 0 Å². The Kier molecular flexibility index (Phi) is 4.88. The second kappa shape index (κ2) is 7.61. The molecule has 3 aromatic rings. The second-order valence-electron chi connectivity index (χ2n) is 6.69. The summed E-state index contributed by atoms with van der Waals surface area (Å²) >= 11 is 0. The molecule has 1 aliphatic rings. The summed E-state index contributed by atoms with van der Waals surface area (Å²) in [6.07, 6.45) is 4.28. The highest BCUT2D eigenvalue weighted by molar-refractivity contribution is 5.38. The summed E-state index contributed by atoms with van der Waals surface area (Å²) in [5.74, 6) is 0.956. The predicted octanol–water partition coefficient (Wildman–Crippen LogP) is 2.12. The summed E-state index contributed by atoms with van der Waals surface area (Å²) in [6, 6.07) is 14.5. The van der Waals surface area contributed by atoms with Crippen molar-refractivity contribution in [2.75, 3.05) is 18.0 Å². The van der Waals surface area contributed by atoms with Crippen molar-refractivity contribution in [2.45, 2.75) is 32.4 Å². The fraction of sp³-hybridized carbons (Fsp3) is 0.368. The van der Waals surface area contributed by atoms with E-state index in [9.17, 15) is 0 Å². The fourth-order valence-electron chi connectivity index (χ4n) is 3.25. The Morgan fingerprint density at radius 2 is 1.96 bits per heavy atom. The minimum Gasteiger partial charge on any atom is -0.354 e. The first-order valence-electron chi connectivity index (χ1n) is 9.03. The molecule has 1 aromatic carbocycles. The molecule has 1 atom stereocenters. The van der Waals surface area contributed by atoms with E-state index in [1.807, 2.05) is 54.2 Å². The van der Waals surface area contributed by atoms with Gasteiger partial charge in [0.1, 0.15) is 0 Å². The van der Waals surface area contributed by atoms with E-state index in [-0.39, 0.29) is 0 Å². The summed E-state index contributed by atoms with van der Waals surface area (Å²) < 4.78 is 1.81. The third-order valence-corrected chi connectivity index (χ3v) is 4.66. The van der Waals surface area contributed by atoms with Gasteiger partial charge in [-0.3, -0.25) is 0 Å². The molecule has 0 saturated carbocycles. The lowest BCUT2D eigenvalue weighted by atomic mass is 10.1. The molecule has 0 amide bonds. The van der Waals surface area contributed by atoms with E-state index in [2.05, 4.69) is 36.8 Å². The van der Waals surface area contributed by atoms with E-state index in [1.165, 1.54) is 0 Å². The molecule has 1 fully saturated rings. The number of rotatable bonds is 5. The fourth-order valence-corrected chi connectivity index (χ4v) is 3.25. The van der Waals surface area contributed by atoms with Crippen LogP contribution in [0.4, 0.5) is 5.82 Å². The zero-order chi connectivity index (χ0) is 17.8. The smallest absolute Gasteiger partial charge is 0.151 e. The van der Waals surface area contributed by atoms with Crippen LogP contribution in [0.5, 0.6) is 0 Å². The van der Waals surface area contributed by atoms with Crippen molar-refractivity contribution in [3.63, 3.8) is 0 Å². The van der Waals surface area contributed by atoms with Gasteiger partial charge in [0.05, 0.1) is 23.3 Å². The maximum Gasteiger partial charge on any atom is 0.151 e. The molecule has 0 bridgehead atoms. The number of aryl methyl sites for hydroxylation is 1. The molecule has 26 heavy (non-hydrogen) atoms. The van der Waals surface area contributed by atoms with E-state index in [1.54, 1.807) is 0 Å². The standard InChI is InChI=1S/C19H23N7/c1-15-9-10-19(23-21-15)25-11-5-6-16(13-25)20-12-17-14-26(24-22-17)18-7-3-2-4-8-18/h2-4,7-10,14,16,20H,5-6,11-13H2,1H3. The van der Waals surface area contributed by atoms with Gasteiger partial charge in [-0.2, -0.15) is 5.10 Å². The molecule has 2 aromatic heterocycles. The molecule has 1 aliphatic heterocycles. The van der Waals surface area contributed by atoms with Crippen LogP contribution in [-0.2, 0) is 6.54 Å². The quantitative estimate of drug-likeness (QED) is 0.761. The van der Waals surface area contributed by atoms with Crippen LogP contribution in [-0.4, -0.2) is 44.3 Å². The highest BCUT2D eigenvalue weighted by Crippen LogP contribution is 2.17. The Bertz CT molecular complexity index is 829. The first-order chi connectivity index (χ1) is 12.8. The van der Waals surface area contributed by atoms with Crippen LogP contribution < -0.4 is 10.2 Å². The van der Waals surface area contributed by atoms with Crippen molar-refractivity contribution in [3.05, 3.63) is 60.0 Å². The normalized spacial score (nSPS) is 17.4. The van der Waals surface area contributed by atoms with Crippen molar-refractivity contribution >= 4 is 5.82 Å². The summed E-state index contributed by atoms with van der Waals surface area (Å²) in [7, 11) is 0. The molecule has 4 rings (SSSR count). The topological polar surface area (TPSA) is 71.8 Å². The molecule has 0 radical (unpaired) electrons. The van der Waals surface area contributed by atoms with Crippen molar-refractivity contribution in [2.24, 2.45) is 0 Å². The van der Waals surface area contributed by atoms with Crippen molar-refractivity contribution in [3.8, 4) is 5.69 Å². The second-order valence-corrected chi connectivity index (χ2v) is 6.69. The van der Waals surface area contributed by atoms with Crippen LogP contribution in [0, 0.1) is 6.92 Å². The zero-order valence-electron chi connectivity index (χ0n) is 14.9. The first kappa shape index (κ1) is 16.7. The Morgan fingerprint density at radius 1 is 1.08 bits per heavy atom. The molecule has 3 heterocycles. The first-order valence-corrected chi connectivity index (χ1v) is 9.03. The highest BCUT2D eigenvalue weighted by Gasteiger charge is 2.21. The number of para-hydroxylation sites is 1. The summed E-state index contributed by atoms with van der Waals surface area (Å²) in [6.45, 7) is 4.63. The molecular weight excluding hydrogens is 326 g/mol. The maximum atomic E-state index is 4.31. The number of anilines is 1. The van der Waals surface area contributed by atoms with Crippen molar-refractivity contribution < 1.29 is 0 Å². The average Bonchev–Trinajstić information content (AvgIpc) is 3.17. The Hall–Kier alpha value is -2.80. The monoisotopic (exact) mass is 349 g/mol. The lowest BCUT2D eigenvalue weighted by Gasteiger charge is -2.33. The van der Waals surface area contributed by atoms with E-state index in [0.29, 0.717) is 12.6 Å². The van der Waals surface area contributed by atoms with E-state index < -0.39 is 0 Å². The minimum absolute atomic E-state index is 0.411. The van der Waals surface area contributed by atoms with Gasteiger partial charge in [0.2, 0.25) is 0 Å². The predicted molar refractivity (Wildman–Crippen MR) is 100 cm³/mol. The van der Waals surface area contributed by atoms with Gasteiger partial charge < -0.3 is 10.2 Å². The molecule has 0 spiro atoms. The Labute approximate surface area is 153 Å². The number of hydrogen-bond acceptors (Lipinski definition) is 6. The van der Waals surface area contributed by atoms with Gasteiger partial charge >= 0.3 is 0 Å². The third-order valence-electron chi connectivity index (χ3n) is 4.66. The largest absolute Gasteiger partial charge is 0.354 e. The number of aromatic nitrogens is 5. The lowest BCUT2D eigenvalue weighted by Crippen LogP contribution is -2.45. The van der Waals surface area contributed by atoms with Gasteiger partial charge in [0.25, 0.3) is 0 Å². The summed E-state index contributed by atoms with van der Waals surface area (Å²) in [4.78, 5) is 2.30. The maximum absolute atomic E-state index is 4.31. The van der Waals surface area contributed by atoms with Crippen molar-refractivity contribution in [1.82, 2.24) is 30.5 Å². The summed E-state index contributed by atoms with van der Waals surface area (Å²) in [5, 5.41) is 20.6. The number of nitrogens with zero attached hydrogens (tertiary/aromatic N) is 6. The molecule has 0 aliphatic carbocycles. The molecule has 7 heteroatoms. The van der Waals surface area contributed by atoms with Crippen LogP contribution in [0.15, 0.2) is 48.7 Å². The number of nitrogens with one attached hydrogen (secondary N) is 1.